The summed E-state index contributed by atoms with van der Waals surface area (Å²) in [5, 5.41) is 92.5. The predicted octanol–water partition coefficient (Wildman–Crippen LogP) is 4.64. The van der Waals surface area contributed by atoms with Crippen LogP contribution in [0.4, 0.5) is 40.6 Å². The average molecular weight is 865 g/mol. The maximum Gasteiger partial charge on any atom is 0.253 e. The molecule has 330 valence electrons. The molecule has 0 atom stereocenters. The molecule has 0 fully saturated rings. The average Bonchev–Trinajstić information content (AvgIpc) is 3.22. The first-order chi connectivity index (χ1) is 30.0. The molecule has 25 nitrogen and oxygen atoms in total. The monoisotopic (exact) mass is 864 g/mol. The SMILES string of the molecule is Cc1cc(=O)n(CCNc2nc(NCCO)nc(NCCn3c(O)c(N=Nc4cc(COO)cc(COO)c4)c(C)cc3=O)n2)c(O)c1N=Nc1cc(COO)cc(COO)c1. The van der Waals surface area contributed by atoms with Crippen molar-refractivity contribution in [1.29, 1.82) is 0 Å². The molecule has 5 rings (SSSR count). The number of aromatic nitrogens is 5. The molecule has 0 aliphatic rings. The Hall–Kier alpha value is -6.81. The van der Waals surface area contributed by atoms with Crippen LogP contribution < -0.4 is 27.1 Å². The lowest BCUT2D eigenvalue weighted by Crippen LogP contribution is -2.25. The van der Waals surface area contributed by atoms with E-state index in [1.165, 1.54) is 12.1 Å². The lowest BCUT2D eigenvalue weighted by Gasteiger charge is -2.14. The van der Waals surface area contributed by atoms with E-state index in [1.54, 1.807) is 50.2 Å². The first-order valence-electron chi connectivity index (χ1n) is 18.6. The zero-order chi connectivity index (χ0) is 44.6. The third-order valence-corrected chi connectivity index (χ3v) is 8.69. The fourth-order valence-electron chi connectivity index (χ4n) is 5.95. The number of hydrogen-bond donors (Lipinski definition) is 10. The van der Waals surface area contributed by atoms with Gasteiger partial charge in [-0.15, -0.1) is 10.2 Å². The Kier molecular flexibility index (Phi) is 16.9. The second-order valence-electron chi connectivity index (χ2n) is 13.3. The molecule has 0 saturated heterocycles. The number of benzene rings is 2. The summed E-state index contributed by atoms with van der Waals surface area (Å²) in [6, 6.07) is 12.0. The highest BCUT2D eigenvalue weighted by Gasteiger charge is 2.16. The van der Waals surface area contributed by atoms with Crippen LogP contribution in [0.3, 0.4) is 0 Å². The zero-order valence-corrected chi connectivity index (χ0v) is 33.3. The maximum absolute atomic E-state index is 12.9. The fourth-order valence-corrected chi connectivity index (χ4v) is 5.95. The van der Waals surface area contributed by atoms with Gasteiger partial charge in [-0.3, -0.25) is 39.8 Å². The molecule has 2 aromatic carbocycles. The van der Waals surface area contributed by atoms with Crippen molar-refractivity contribution >= 4 is 40.6 Å². The van der Waals surface area contributed by atoms with Crippen LogP contribution in [0.1, 0.15) is 33.4 Å². The van der Waals surface area contributed by atoms with Gasteiger partial charge in [0.05, 0.1) is 18.0 Å². The van der Waals surface area contributed by atoms with Crippen molar-refractivity contribution in [3.8, 4) is 11.8 Å². The standard InChI is InChI=1S/C37H44N12O13/c1-21-9-29(51)48(33(53)31(21)46-44-27-13-23(17-59-55)11-24(14-27)18-60-56)6-3-38-35-41-36(43-37(42-35)40-5-8-50)39-4-7-49-30(52)10-22(2)32(34(49)54)47-45-28-15-25(19-61-57)12-26(16-28)20-62-58/h9-16,50,53-58H,3-8,17-20H2,1-2H3,(H3,38,39,40,41,42,43). The number of aliphatic hydroxyl groups excluding tert-OH is 1. The van der Waals surface area contributed by atoms with Crippen LogP contribution in [-0.4, -0.2) is 86.7 Å². The molecule has 25 heteroatoms. The van der Waals surface area contributed by atoms with E-state index in [-0.39, 0.29) is 106 Å². The highest BCUT2D eigenvalue weighted by Crippen LogP contribution is 2.32. The van der Waals surface area contributed by atoms with Crippen LogP contribution in [0.2, 0.25) is 0 Å². The molecule has 3 aromatic heterocycles. The van der Waals surface area contributed by atoms with Crippen molar-refractivity contribution in [1.82, 2.24) is 24.1 Å². The van der Waals surface area contributed by atoms with Crippen molar-refractivity contribution in [3.05, 3.63) is 103 Å². The Bertz CT molecular complexity index is 2290. The number of nitrogens with one attached hydrogen (secondary N) is 3. The van der Waals surface area contributed by atoms with Gasteiger partial charge in [0.15, 0.2) is 0 Å². The summed E-state index contributed by atoms with van der Waals surface area (Å²) in [5.74, 6) is -0.790. The number of anilines is 3. The molecule has 10 N–H and O–H groups in total. The second-order valence-corrected chi connectivity index (χ2v) is 13.3. The van der Waals surface area contributed by atoms with Gasteiger partial charge in [0.25, 0.3) is 11.1 Å². The number of aromatic hydroxyl groups is 2. The van der Waals surface area contributed by atoms with Crippen molar-refractivity contribution in [2.75, 3.05) is 42.2 Å². The van der Waals surface area contributed by atoms with Gasteiger partial charge in [-0.1, -0.05) is 12.1 Å². The number of aliphatic hydroxyl groups is 1. The Labute approximate surface area is 350 Å². The van der Waals surface area contributed by atoms with Gasteiger partial charge < -0.3 is 31.3 Å². The van der Waals surface area contributed by atoms with Crippen molar-refractivity contribution in [2.45, 2.75) is 53.4 Å². The summed E-state index contributed by atoms with van der Waals surface area (Å²) in [4.78, 5) is 55.6. The van der Waals surface area contributed by atoms with Crippen LogP contribution >= 0.6 is 0 Å². The number of hydrogen-bond acceptors (Lipinski definition) is 23. The molecule has 3 heterocycles. The Morgan fingerprint density at radius 1 is 0.532 bits per heavy atom. The maximum atomic E-state index is 12.9. The van der Waals surface area contributed by atoms with E-state index in [1.807, 2.05) is 0 Å². The minimum absolute atomic E-state index is 0.00680. The molecular weight excluding hydrogens is 820 g/mol. The molecule has 0 radical (unpaired) electrons. The molecule has 0 aliphatic heterocycles. The number of azo groups is 2. The lowest BCUT2D eigenvalue weighted by atomic mass is 10.1. The third-order valence-electron chi connectivity index (χ3n) is 8.69. The number of aryl methyl sites for hydroxylation is 2. The number of pyridine rings is 2. The van der Waals surface area contributed by atoms with E-state index in [2.05, 4.69) is 70.9 Å². The molecule has 0 saturated carbocycles. The number of rotatable bonds is 23. The topological polar surface area (TPSA) is 347 Å². The van der Waals surface area contributed by atoms with Crippen LogP contribution in [0.15, 0.2) is 78.6 Å². The van der Waals surface area contributed by atoms with Gasteiger partial charge in [-0.2, -0.15) is 25.2 Å². The molecule has 0 spiro atoms. The summed E-state index contributed by atoms with van der Waals surface area (Å²) in [5.41, 5.74) is 2.18. The smallest absolute Gasteiger partial charge is 0.253 e. The van der Waals surface area contributed by atoms with Gasteiger partial charge in [0, 0.05) is 44.9 Å². The van der Waals surface area contributed by atoms with Crippen LogP contribution in [0.5, 0.6) is 11.8 Å². The minimum Gasteiger partial charge on any atom is -0.493 e. The largest absolute Gasteiger partial charge is 0.493 e. The van der Waals surface area contributed by atoms with Crippen molar-refractivity contribution in [3.63, 3.8) is 0 Å². The van der Waals surface area contributed by atoms with Crippen molar-refractivity contribution in [2.24, 2.45) is 20.5 Å². The first kappa shape index (κ1) is 46.3. The minimum atomic E-state index is -0.530. The summed E-state index contributed by atoms with van der Waals surface area (Å²) < 4.78 is 2.13. The normalized spacial score (nSPS) is 11.5. The predicted molar refractivity (Wildman–Crippen MR) is 217 cm³/mol. The quantitative estimate of drug-likeness (QED) is 0.0243. The number of nitrogens with zero attached hydrogens (tertiary/aromatic N) is 9. The molecular formula is C37H44N12O13. The zero-order valence-electron chi connectivity index (χ0n) is 33.3. The van der Waals surface area contributed by atoms with Gasteiger partial charge in [0.2, 0.25) is 29.6 Å². The molecule has 0 bridgehead atoms. The van der Waals surface area contributed by atoms with E-state index in [4.69, 9.17) is 21.0 Å². The van der Waals surface area contributed by atoms with Gasteiger partial charge in [-0.05, 0) is 71.5 Å². The summed E-state index contributed by atoms with van der Waals surface area (Å²) >= 11 is 0. The fraction of sp³-hybridized carbons (Fsp3) is 0.324. The van der Waals surface area contributed by atoms with E-state index in [0.29, 0.717) is 33.4 Å². The Balaban J connectivity index is 1.29. The highest BCUT2D eigenvalue weighted by molar-refractivity contribution is 5.55. The molecule has 0 aliphatic carbocycles. The van der Waals surface area contributed by atoms with Gasteiger partial charge in [-0.25, -0.2) is 19.6 Å². The van der Waals surface area contributed by atoms with E-state index in [9.17, 15) is 24.9 Å². The third kappa shape index (κ3) is 12.6. The van der Waals surface area contributed by atoms with E-state index >= 15 is 0 Å². The Morgan fingerprint density at radius 3 is 1.19 bits per heavy atom. The van der Waals surface area contributed by atoms with Crippen LogP contribution in [0.25, 0.3) is 0 Å². The second kappa shape index (κ2) is 22.7. The molecule has 0 unspecified atom stereocenters. The first-order valence-corrected chi connectivity index (χ1v) is 18.6. The van der Waals surface area contributed by atoms with Gasteiger partial charge in [0.1, 0.15) is 37.8 Å². The molecule has 0 amide bonds. The highest BCUT2D eigenvalue weighted by atomic mass is 17.1. The van der Waals surface area contributed by atoms with Crippen LogP contribution in [-0.2, 0) is 59.1 Å². The summed E-state index contributed by atoms with van der Waals surface area (Å²) in [7, 11) is 0. The van der Waals surface area contributed by atoms with Crippen LogP contribution in [0, 0.1) is 13.8 Å². The summed E-state index contributed by atoms with van der Waals surface area (Å²) in [6.45, 7) is 2.18. The molecule has 5 aromatic rings. The summed E-state index contributed by atoms with van der Waals surface area (Å²) in [6.07, 6.45) is 0. The molecule has 62 heavy (non-hydrogen) atoms. The van der Waals surface area contributed by atoms with E-state index < -0.39 is 22.9 Å². The lowest BCUT2D eigenvalue weighted by molar-refractivity contribution is -0.254. The van der Waals surface area contributed by atoms with Gasteiger partial charge >= 0.3 is 0 Å². The van der Waals surface area contributed by atoms with Crippen molar-refractivity contribution < 1.29 is 55.9 Å². The Morgan fingerprint density at radius 2 is 0.871 bits per heavy atom. The van der Waals surface area contributed by atoms with E-state index in [0.717, 1.165) is 9.13 Å².